The van der Waals surface area contributed by atoms with Gasteiger partial charge >= 0.3 is 5.97 Å². The number of fused-ring (bicyclic) bond motifs is 1. The maximum Gasteiger partial charge on any atom is 0.330 e. The Morgan fingerprint density at radius 1 is 1.35 bits per heavy atom. The van der Waals surface area contributed by atoms with Crippen LogP contribution in [0.4, 0.5) is 0 Å². The third-order valence-electron chi connectivity index (χ3n) is 3.73. The Labute approximate surface area is 125 Å². The largest absolute Gasteiger partial charge is 0.479 e. The Balaban J connectivity index is 1.71. The van der Waals surface area contributed by atoms with E-state index in [-0.39, 0.29) is 11.2 Å². The predicted octanol–water partition coefficient (Wildman–Crippen LogP) is 1.78. The molecule has 2 aliphatic heterocycles. The number of thioether (sulfide) groups is 2. The number of carboxylic acids is 1. The van der Waals surface area contributed by atoms with Gasteiger partial charge in [0.1, 0.15) is 5.54 Å². The number of carbonyl (C=O) groups is 2. The van der Waals surface area contributed by atoms with Gasteiger partial charge in [-0.1, -0.05) is 18.2 Å². The minimum absolute atomic E-state index is 0.156. The van der Waals surface area contributed by atoms with Crippen molar-refractivity contribution in [2.45, 2.75) is 28.5 Å². The van der Waals surface area contributed by atoms with E-state index in [1.807, 2.05) is 24.3 Å². The normalized spacial score (nSPS) is 28.1. The van der Waals surface area contributed by atoms with Gasteiger partial charge in [-0.2, -0.15) is 11.8 Å². The molecule has 1 aromatic rings. The molecular weight excluding hydrogens is 294 g/mol. The summed E-state index contributed by atoms with van der Waals surface area (Å²) in [6, 6.07) is 7.95. The van der Waals surface area contributed by atoms with Gasteiger partial charge in [0.05, 0.1) is 5.25 Å². The molecule has 2 atom stereocenters. The number of carboxylic acid groups (broad SMARTS) is 1. The molecule has 2 unspecified atom stereocenters. The highest BCUT2D eigenvalue weighted by molar-refractivity contribution is 8.01. The van der Waals surface area contributed by atoms with Gasteiger partial charge in [0.25, 0.3) is 0 Å². The molecular formula is C14H15NO3S2. The monoisotopic (exact) mass is 309 g/mol. The number of aliphatic carboxylic acids is 1. The Morgan fingerprint density at radius 3 is 2.80 bits per heavy atom. The standard InChI is InChI=1S/C14H15NO3S2/c16-12(15-14(13(17)18)5-6-19-8-14)11-7-9-3-1-2-4-10(9)20-11/h1-4,11H,5-8H2,(H,15,16)(H,17,18). The first-order chi connectivity index (χ1) is 9.61. The average Bonchev–Trinajstić information content (AvgIpc) is 3.05. The molecule has 1 amide bonds. The molecule has 106 valence electrons. The van der Waals surface area contributed by atoms with Crippen LogP contribution in [0, 0.1) is 0 Å². The van der Waals surface area contributed by atoms with Crippen LogP contribution in [0.5, 0.6) is 0 Å². The van der Waals surface area contributed by atoms with Crippen molar-refractivity contribution in [2.24, 2.45) is 0 Å². The zero-order chi connectivity index (χ0) is 14.2. The van der Waals surface area contributed by atoms with E-state index in [4.69, 9.17) is 0 Å². The van der Waals surface area contributed by atoms with E-state index in [0.29, 0.717) is 18.6 Å². The number of nitrogens with one attached hydrogen (secondary N) is 1. The quantitative estimate of drug-likeness (QED) is 0.891. The second kappa shape index (κ2) is 5.33. The highest BCUT2D eigenvalue weighted by Crippen LogP contribution is 2.37. The summed E-state index contributed by atoms with van der Waals surface area (Å²) in [4.78, 5) is 25.0. The maximum atomic E-state index is 12.4. The van der Waals surface area contributed by atoms with Gasteiger partial charge in [0.15, 0.2) is 0 Å². The van der Waals surface area contributed by atoms with E-state index in [9.17, 15) is 14.7 Å². The van der Waals surface area contributed by atoms with Crippen molar-refractivity contribution in [1.82, 2.24) is 5.32 Å². The van der Waals surface area contributed by atoms with Gasteiger partial charge in [-0.05, 0) is 30.2 Å². The second-order valence-electron chi connectivity index (χ2n) is 5.10. The van der Waals surface area contributed by atoms with Crippen molar-refractivity contribution < 1.29 is 14.7 Å². The van der Waals surface area contributed by atoms with Gasteiger partial charge in [0, 0.05) is 10.6 Å². The third-order valence-corrected chi connectivity index (χ3v) is 6.24. The van der Waals surface area contributed by atoms with Crippen LogP contribution in [0.15, 0.2) is 29.2 Å². The number of amides is 1. The number of benzene rings is 1. The molecule has 2 N–H and O–H groups in total. The molecule has 0 saturated carbocycles. The van der Waals surface area contributed by atoms with Crippen molar-refractivity contribution in [1.29, 1.82) is 0 Å². The molecule has 20 heavy (non-hydrogen) atoms. The van der Waals surface area contributed by atoms with Crippen molar-refractivity contribution >= 4 is 35.4 Å². The van der Waals surface area contributed by atoms with Crippen LogP contribution in [-0.2, 0) is 16.0 Å². The minimum Gasteiger partial charge on any atom is -0.479 e. The summed E-state index contributed by atoms with van der Waals surface area (Å²) in [5.41, 5.74) is 0.0969. The van der Waals surface area contributed by atoms with Crippen LogP contribution < -0.4 is 5.32 Å². The van der Waals surface area contributed by atoms with Gasteiger partial charge in [-0.3, -0.25) is 4.79 Å². The molecule has 4 nitrogen and oxygen atoms in total. The van der Waals surface area contributed by atoms with Crippen LogP contribution in [0.2, 0.25) is 0 Å². The molecule has 3 rings (SSSR count). The topological polar surface area (TPSA) is 66.4 Å². The Kier molecular flexibility index (Phi) is 3.69. The SMILES string of the molecule is O=C(NC1(C(=O)O)CCSC1)C1Cc2ccccc2S1. The maximum absolute atomic E-state index is 12.4. The molecule has 0 bridgehead atoms. The summed E-state index contributed by atoms with van der Waals surface area (Å²) in [6.07, 6.45) is 1.18. The van der Waals surface area contributed by atoms with Crippen LogP contribution in [0.25, 0.3) is 0 Å². The molecule has 0 aromatic heterocycles. The Morgan fingerprint density at radius 2 is 2.15 bits per heavy atom. The van der Waals surface area contributed by atoms with E-state index in [1.54, 1.807) is 11.8 Å². The fourth-order valence-corrected chi connectivity index (χ4v) is 5.05. The van der Waals surface area contributed by atoms with Crippen LogP contribution in [0.1, 0.15) is 12.0 Å². The summed E-state index contributed by atoms with van der Waals surface area (Å²) in [7, 11) is 0. The molecule has 2 heterocycles. The minimum atomic E-state index is -1.07. The first-order valence-electron chi connectivity index (χ1n) is 6.48. The van der Waals surface area contributed by atoms with E-state index in [1.165, 1.54) is 17.3 Å². The molecule has 1 aromatic carbocycles. The van der Waals surface area contributed by atoms with Crippen molar-refractivity contribution in [3.05, 3.63) is 29.8 Å². The summed E-state index contributed by atoms with van der Waals surface area (Å²) < 4.78 is 0. The summed E-state index contributed by atoms with van der Waals surface area (Å²) in [6.45, 7) is 0. The smallest absolute Gasteiger partial charge is 0.330 e. The van der Waals surface area contributed by atoms with Crippen LogP contribution in [-0.4, -0.2) is 39.3 Å². The summed E-state index contributed by atoms with van der Waals surface area (Å²) >= 11 is 3.11. The average molecular weight is 309 g/mol. The zero-order valence-corrected chi connectivity index (χ0v) is 12.4. The van der Waals surface area contributed by atoms with Crippen molar-refractivity contribution in [3.63, 3.8) is 0 Å². The Hall–Kier alpha value is -1.14. The third kappa shape index (κ3) is 2.42. The van der Waals surface area contributed by atoms with Crippen LogP contribution in [0.3, 0.4) is 0 Å². The van der Waals surface area contributed by atoms with Gasteiger partial charge in [-0.15, -0.1) is 11.8 Å². The molecule has 1 saturated heterocycles. The predicted molar refractivity (Wildman–Crippen MR) is 80.2 cm³/mol. The summed E-state index contributed by atoms with van der Waals surface area (Å²) in [5, 5.41) is 12.0. The zero-order valence-electron chi connectivity index (χ0n) is 10.8. The fourth-order valence-electron chi connectivity index (χ4n) is 2.53. The van der Waals surface area contributed by atoms with Gasteiger partial charge in [0.2, 0.25) is 5.91 Å². The van der Waals surface area contributed by atoms with Crippen molar-refractivity contribution in [3.8, 4) is 0 Å². The lowest BCUT2D eigenvalue weighted by molar-refractivity contribution is -0.146. The highest BCUT2D eigenvalue weighted by atomic mass is 32.2. The van der Waals surface area contributed by atoms with Gasteiger partial charge in [-0.25, -0.2) is 4.79 Å². The second-order valence-corrected chi connectivity index (χ2v) is 7.45. The Bertz CT molecular complexity index is 530. The van der Waals surface area contributed by atoms with E-state index in [2.05, 4.69) is 5.32 Å². The number of hydrogen-bond acceptors (Lipinski definition) is 4. The fraction of sp³-hybridized carbons (Fsp3) is 0.429. The molecule has 0 spiro atoms. The number of rotatable bonds is 3. The van der Waals surface area contributed by atoms with Crippen molar-refractivity contribution in [2.75, 3.05) is 11.5 Å². The number of carbonyl (C=O) groups excluding carboxylic acids is 1. The lowest BCUT2D eigenvalue weighted by atomic mass is 9.98. The van der Waals surface area contributed by atoms with E-state index >= 15 is 0 Å². The lowest BCUT2D eigenvalue weighted by Crippen LogP contribution is -2.56. The van der Waals surface area contributed by atoms with E-state index in [0.717, 1.165) is 10.6 Å². The first-order valence-corrected chi connectivity index (χ1v) is 8.52. The lowest BCUT2D eigenvalue weighted by Gasteiger charge is -2.26. The molecule has 2 aliphatic rings. The highest BCUT2D eigenvalue weighted by Gasteiger charge is 2.44. The first kappa shape index (κ1) is 13.8. The molecule has 0 aliphatic carbocycles. The van der Waals surface area contributed by atoms with E-state index < -0.39 is 11.5 Å². The molecule has 6 heteroatoms. The molecule has 0 radical (unpaired) electrons. The molecule has 1 fully saturated rings. The number of hydrogen-bond donors (Lipinski definition) is 2. The summed E-state index contributed by atoms with van der Waals surface area (Å²) in [5.74, 6) is 0.163. The van der Waals surface area contributed by atoms with Gasteiger partial charge < -0.3 is 10.4 Å². The van der Waals surface area contributed by atoms with Crippen LogP contribution >= 0.6 is 23.5 Å².